The number of imidazole rings is 1. The standard InChI is InChI=1S/C24H23ClN4O2/c1-14-4-5-17(8-14)13-30-21-7-6-18(10-16(21)3)24-27-22(28-31-24)20-12-29-11-15(2)9-19(25)23(29)26-20/h6-7,9-12,17H,1,4-5,8,13H2,2-3H3/t17-/m1/s1. The highest BCUT2D eigenvalue weighted by Gasteiger charge is 2.19. The molecular weight excluding hydrogens is 412 g/mol. The monoisotopic (exact) mass is 434 g/mol. The van der Waals surface area contributed by atoms with Gasteiger partial charge in [-0.15, -0.1) is 0 Å². The number of hydrogen-bond acceptors (Lipinski definition) is 5. The molecule has 0 unspecified atom stereocenters. The molecule has 4 aromatic rings. The third-order valence-corrected chi connectivity index (χ3v) is 5.96. The molecule has 3 heterocycles. The summed E-state index contributed by atoms with van der Waals surface area (Å²) in [4.78, 5) is 9.09. The van der Waals surface area contributed by atoms with Crippen molar-refractivity contribution < 1.29 is 9.26 Å². The highest BCUT2D eigenvalue weighted by Crippen LogP contribution is 2.31. The zero-order valence-corrected chi connectivity index (χ0v) is 18.3. The lowest BCUT2D eigenvalue weighted by molar-refractivity contribution is 0.252. The number of halogens is 1. The molecule has 3 aromatic heterocycles. The van der Waals surface area contributed by atoms with Gasteiger partial charge in [0.05, 0.1) is 11.6 Å². The fourth-order valence-corrected chi connectivity index (χ4v) is 4.37. The molecule has 0 bridgehead atoms. The van der Waals surface area contributed by atoms with Crippen LogP contribution in [0.2, 0.25) is 5.02 Å². The van der Waals surface area contributed by atoms with E-state index in [2.05, 4.69) is 21.7 Å². The molecule has 7 heteroatoms. The van der Waals surface area contributed by atoms with Gasteiger partial charge in [0.25, 0.3) is 5.89 Å². The molecule has 1 aliphatic carbocycles. The first-order valence-electron chi connectivity index (χ1n) is 10.4. The summed E-state index contributed by atoms with van der Waals surface area (Å²) in [5.74, 6) is 2.31. The quantitative estimate of drug-likeness (QED) is 0.357. The number of allylic oxidation sites excluding steroid dienone is 1. The Morgan fingerprint density at radius 2 is 2.10 bits per heavy atom. The highest BCUT2D eigenvalue weighted by molar-refractivity contribution is 6.33. The lowest BCUT2D eigenvalue weighted by Crippen LogP contribution is -2.08. The van der Waals surface area contributed by atoms with Crippen LogP contribution in [0, 0.1) is 19.8 Å². The second-order valence-electron chi connectivity index (χ2n) is 8.30. The number of aryl methyl sites for hydroxylation is 2. The topological polar surface area (TPSA) is 65.5 Å². The second-order valence-corrected chi connectivity index (χ2v) is 8.70. The van der Waals surface area contributed by atoms with Gasteiger partial charge in [-0.25, -0.2) is 4.98 Å². The molecule has 1 saturated carbocycles. The van der Waals surface area contributed by atoms with Crippen LogP contribution in [0.25, 0.3) is 28.6 Å². The average molecular weight is 435 g/mol. The smallest absolute Gasteiger partial charge is 0.258 e. The SMILES string of the molecule is C=C1CC[C@@H](COc2ccc(-c3nc(-c4cn5cc(C)cc(Cl)c5n4)no3)cc2C)C1. The fraction of sp³-hybridized carbons (Fsp3) is 0.292. The largest absolute Gasteiger partial charge is 0.493 e. The molecule has 0 radical (unpaired) electrons. The average Bonchev–Trinajstić information content (AvgIpc) is 3.46. The number of benzene rings is 1. The summed E-state index contributed by atoms with van der Waals surface area (Å²) in [6.07, 6.45) is 7.15. The van der Waals surface area contributed by atoms with Crippen LogP contribution in [-0.2, 0) is 0 Å². The number of fused-ring (bicyclic) bond motifs is 1. The Hall–Kier alpha value is -3.12. The maximum absolute atomic E-state index is 6.31. The summed E-state index contributed by atoms with van der Waals surface area (Å²) in [5, 5.41) is 4.70. The van der Waals surface area contributed by atoms with Gasteiger partial charge in [-0.2, -0.15) is 4.98 Å². The molecule has 1 aliphatic rings. The van der Waals surface area contributed by atoms with E-state index in [1.807, 2.05) is 54.9 Å². The minimum absolute atomic E-state index is 0.423. The molecule has 31 heavy (non-hydrogen) atoms. The minimum Gasteiger partial charge on any atom is -0.493 e. The molecular formula is C24H23ClN4O2. The van der Waals surface area contributed by atoms with E-state index in [-0.39, 0.29) is 0 Å². The Morgan fingerprint density at radius 3 is 2.87 bits per heavy atom. The number of rotatable bonds is 5. The predicted octanol–water partition coefficient (Wildman–Crippen LogP) is 6.06. The molecule has 5 rings (SSSR count). The zero-order valence-electron chi connectivity index (χ0n) is 17.6. The first-order valence-corrected chi connectivity index (χ1v) is 10.7. The predicted molar refractivity (Wildman–Crippen MR) is 120 cm³/mol. The van der Waals surface area contributed by atoms with Crippen molar-refractivity contribution in [3.63, 3.8) is 0 Å². The Bertz CT molecular complexity index is 1290. The molecule has 1 fully saturated rings. The van der Waals surface area contributed by atoms with Crippen molar-refractivity contribution in [2.75, 3.05) is 6.61 Å². The molecule has 0 aliphatic heterocycles. The lowest BCUT2D eigenvalue weighted by atomic mass is 10.1. The van der Waals surface area contributed by atoms with Crippen molar-refractivity contribution in [1.82, 2.24) is 19.5 Å². The maximum Gasteiger partial charge on any atom is 0.258 e. The summed E-state index contributed by atoms with van der Waals surface area (Å²) >= 11 is 6.31. The van der Waals surface area contributed by atoms with E-state index in [9.17, 15) is 0 Å². The minimum atomic E-state index is 0.423. The van der Waals surface area contributed by atoms with E-state index < -0.39 is 0 Å². The van der Waals surface area contributed by atoms with Crippen molar-refractivity contribution in [2.45, 2.75) is 33.1 Å². The van der Waals surface area contributed by atoms with Crippen LogP contribution in [0.5, 0.6) is 5.75 Å². The molecule has 158 valence electrons. The summed E-state index contributed by atoms with van der Waals surface area (Å²) < 4.78 is 13.4. The van der Waals surface area contributed by atoms with Gasteiger partial charge >= 0.3 is 0 Å². The number of hydrogen-bond donors (Lipinski definition) is 0. The number of aromatic nitrogens is 4. The van der Waals surface area contributed by atoms with E-state index in [4.69, 9.17) is 20.9 Å². The Labute approximate surface area is 185 Å². The van der Waals surface area contributed by atoms with Crippen LogP contribution in [0.4, 0.5) is 0 Å². The van der Waals surface area contributed by atoms with Crippen LogP contribution in [0.15, 0.2) is 53.3 Å². The van der Waals surface area contributed by atoms with E-state index in [0.29, 0.717) is 34.0 Å². The third kappa shape index (κ3) is 3.95. The van der Waals surface area contributed by atoms with E-state index in [0.717, 1.165) is 48.3 Å². The third-order valence-electron chi connectivity index (χ3n) is 5.68. The molecule has 0 N–H and O–H groups in total. The fourth-order valence-electron chi connectivity index (χ4n) is 4.06. The molecule has 0 saturated heterocycles. The van der Waals surface area contributed by atoms with E-state index in [1.54, 1.807) is 0 Å². The van der Waals surface area contributed by atoms with Gasteiger partial charge in [0.1, 0.15) is 11.4 Å². The van der Waals surface area contributed by atoms with Crippen LogP contribution in [-0.4, -0.2) is 26.1 Å². The van der Waals surface area contributed by atoms with Crippen molar-refractivity contribution in [1.29, 1.82) is 0 Å². The summed E-state index contributed by atoms with van der Waals surface area (Å²) in [6.45, 7) is 8.80. The van der Waals surface area contributed by atoms with Crippen LogP contribution >= 0.6 is 11.6 Å². The summed E-state index contributed by atoms with van der Waals surface area (Å²) in [6, 6.07) is 7.79. The van der Waals surface area contributed by atoms with Crippen LogP contribution < -0.4 is 4.74 Å². The van der Waals surface area contributed by atoms with Gasteiger partial charge in [0, 0.05) is 18.0 Å². The number of nitrogens with zero attached hydrogens (tertiary/aromatic N) is 4. The van der Waals surface area contributed by atoms with Gasteiger partial charge in [0.2, 0.25) is 5.82 Å². The Morgan fingerprint density at radius 1 is 1.23 bits per heavy atom. The Kier molecular flexibility index (Phi) is 5.02. The first kappa shape index (κ1) is 19.8. The van der Waals surface area contributed by atoms with Crippen molar-refractivity contribution in [3.05, 3.63) is 65.0 Å². The van der Waals surface area contributed by atoms with Crippen molar-refractivity contribution in [2.24, 2.45) is 5.92 Å². The maximum atomic E-state index is 6.31. The second kappa shape index (κ2) is 7.85. The normalized spacial score (nSPS) is 16.4. The van der Waals surface area contributed by atoms with Gasteiger partial charge < -0.3 is 13.7 Å². The molecule has 0 spiro atoms. The number of ether oxygens (including phenoxy) is 1. The van der Waals surface area contributed by atoms with Gasteiger partial charge in [-0.05, 0) is 74.4 Å². The Balaban J connectivity index is 1.35. The first-order chi connectivity index (χ1) is 15.0. The van der Waals surface area contributed by atoms with Crippen molar-refractivity contribution >= 4 is 17.2 Å². The van der Waals surface area contributed by atoms with E-state index >= 15 is 0 Å². The van der Waals surface area contributed by atoms with Gasteiger partial charge in [-0.3, -0.25) is 0 Å². The zero-order chi connectivity index (χ0) is 21.5. The molecule has 1 aromatic carbocycles. The van der Waals surface area contributed by atoms with Crippen LogP contribution in [0.3, 0.4) is 0 Å². The van der Waals surface area contributed by atoms with Crippen LogP contribution in [0.1, 0.15) is 30.4 Å². The van der Waals surface area contributed by atoms with E-state index in [1.165, 1.54) is 5.57 Å². The molecule has 0 amide bonds. The van der Waals surface area contributed by atoms with Crippen molar-refractivity contribution in [3.8, 4) is 28.7 Å². The van der Waals surface area contributed by atoms with Gasteiger partial charge in [0.15, 0.2) is 5.65 Å². The lowest BCUT2D eigenvalue weighted by Gasteiger charge is -2.13. The highest BCUT2D eigenvalue weighted by atomic mass is 35.5. The van der Waals surface area contributed by atoms with Gasteiger partial charge in [-0.1, -0.05) is 28.9 Å². The summed E-state index contributed by atoms with van der Waals surface area (Å²) in [7, 11) is 0. The summed E-state index contributed by atoms with van der Waals surface area (Å²) in [5.41, 5.74) is 5.52. The molecule has 6 nitrogen and oxygen atoms in total. The molecule has 1 atom stereocenters. The number of pyridine rings is 1.